The number of β-amino-alcohol motifs (C(OH)–C–C–N with tert-alkyl or cyclic N) is 1. The summed E-state index contributed by atoms with van der Waals surface area (Å²) in [4.78, 5) is 39.3. The molecule has 1 aliphatic heterocycles. The van der Waals surface area contributed by atoms with Crippen molar-refractivity contribution in [1.29, 1.82) is 0 Å². The number of carbonyl (C=O) groups excluding carboxylic acids is 3. The summed E-state index contributed by atoms with van der Waals surface area (Å²) in [6, 6.07) is 17.9. The highest BCUT2D eigenvalue weighted by Crippen LogP contribution is 2.34. The normalized spacial score (nSPS) is 19.2. The lowest BCUT2D eigenvalue weighted by Crippen LogP contribution is -2.40. The van der Waals surface area contributed by atoms with Gasteiger partial charge in [0, 0.05) is 38.0 Å². The molecule has 44 heavy (non-hydrogen) atoms. The minimum Gasteiger partial charge on any atom is -0.461 e. The summed E-state index contributed by atoms with van der Waals surface area (Å²) < 4.78 is 5.30. The molecule has 1 saturated carbocycles. The van der Waals surface area contributed by atoms with E-state index in [9.17, 15) is 19.5 Å². The van der Waals surface area contributed by atoms with Crippen LogP contribution in [0.1, 0.15) is 94.5 Å². The van der Waals surface area contributed by atoms with Crippen LogP contribution in [0.3, 0.4) is 0 Å². The summed E-state index contributed by atoms with van der Waals surface area (Å²) in [6.45, 7) is 3.16. The molecule has 2 fully saturated rings. The van der Waals surface area contributed by atoms with E-state index in [1.54, 1.807) is 17.0 Å². The van der Waals surface area contributed by atoms with Crippen LogP contribution in [-0.4, -0.2) is 53.3 Å². The monoisotopic (exact) mass is 598 g/mol. The molecule has 0 radical (unpaired) electrons. The first-order valence-corrected chi connectivity index (χ1v) is 16.3. The maximum absolute atomic E-state index is 13.0. The maximum atomic E-state index is 13.0. The molecule has 7 nitrogen and oxygen atoms in total. The first kappa shape index (κ1) is 31.7. The van der Waals surface area contributed by atoms with Gasteiger partial charge in [0.2, 0.25) is 5.91 Å². The van der Waals surface area contributed by atoms with Crippen molar-refractivity contribution in [2.24, 2.45) is 11.8 Å². The molecule has 2 heterocycles. The summed E-state index contributed by atoms with van der Waals surface area (Å²) in [5, 5.41) is 13.2. The number of ketones is 1. The number of hydrogen-bond donors (Lipinski definition) is 2. The standard InChI is InChI=1S/C37H46N2O5/c1-26-6-2-3-7-30(26)22-28-12-10-27(11-13-28)14-15-29-16-17-32(23-31(29)18-19-34(41)35-8-5-21-44-35)37(43)38-24-33(40)25-39-20-4-9-36(39)42/h2-3,5-8,16-17,21,23,27-28,33,40H,4,9-15,18-20,22,24-25H2,1H3,(H,38,43). The van der Waals surface area contributed by atoms with E-state index in [4.69, 9.17) is 4.42 Å². The molecule has 7 heteroatoms. The van der Waals surface area contributed by atoms with Crippen molar-refractivity contribution in [2.75, 3.05) is 19.6 Å². The number of Topliss-reactive ketones (excluding diaryl/α,β-unsaturated/α-hetero) is 1. The Morgan fingerprint density at radius 1 is 0.977 bits per heavy atom. The fourth-order valence-electron chi connectivity index (χ4n) is 6.82. The fourth-order valence-corrected chi connectivity index (χ4v) is 6.82. The third-order valence-corrected chi connectivity index (χ3v) is 9.54. The van der Waals surface area contributed by atoms with Gasteiger partial charge in [-0.3, -0.25) is 14.4 Å². The predicted molar refractivity (Wildman–Crippen MR) is 171 cm³/mol. The van der Waals surface area contributed by atoms with E-state index in [0.29, 0.717) is 43.0 Å². The van der Waals surface area contributed by atoms with Gasteiger partial charge in [0.25, 0.3) is 5.91 Å². The lowest BCUT2D eigenvalue weighted by atomic mass is 9.77. The van der Waals surface area contributed by atoms with Crippen LogP contribution in [0.4, 0.5) is 0 Å². The average Bonchev–Trinajstić information content (AvgIpc) is 3.72. The Kier molecular flexibility index (Phi) is 11.1. The molecule has 1 aromatic heterocycles. The Hall–Kier alpha value is -3.71. The Morgan fingerprint density at radius 2 is 1.77 bits per heavy atom. The Morgan fingerprint density at radius 3 is 2.50 bits per heavy atom. The molecule has 1 saturated heterocycles. The SMILES string of the molecule is Cc1ccccc1CC1CCC(CCc2ccc(C(=O)NCC(O)CN3CCCC3=O)cc2CCC(=O)c2ccco2)CC1. The van der Waals surface area contributed by atoms with Crippen molar-refractivity contribution in [2.45, 2.75) is 83.7 Å². The number of amides is 2. The highest BCUT2D eigenvalue weighted by atomic mass is 16.3. The van der Waals surface area contributed by atoms with Gasteiger partial charge in [-0.2, -0.15) is 0 Å². The molecule has 1 atom stereocenters. The van der Waals surface area contributed by atoms with Gasteiger partial charge < -0.3 is 19.7 Å². The number of carbonyl (C=O) groups is 3. The topological polar surface area (TPSA) is 99.9 Å². The van der Waals surface area contributed by atoms with Gasteiger partial charge in [-0.1, -0.05) is 43.2 Å². The van der Waals surface area contributed by atoms with Crippen LogP contribution >= 0.6 is 0 Å². The number of aliphatic hydroxyl groups excluding tert-OH is 1. The summed E-state index contributed by atoms with van der Waals surface area (Å²) in [5.74, 6) is 1.52. The van der Waals surface area contributed by atoms with E-state index in [-0.39, 0.29) is 30.7 Å². The van der Waals surface area contributed by atoms with Crippen LogP contribution in [-0.2, 0) is 24.1 Å². The largest absolute Gasteiger partial charge is 0.461 e. The summed E-state index contributed by atoms with van der Waals surface area (Å²) in [5.41, 5.74) is 5.57. The molecule has 0 spiro atoms. The predicted octanol–water partition coefficient (Wildman–Crippen LogP) is 6.10. The number of rotatable bonds is 14. The van der Waals surface area contributed by atoms with Gasteiger partial charge in [0.1, 0.15) is 0 Å². The molecular formula is C37H46N2O5. The van der Waals surface area contributed by atoms with Gasteiger partial charge in [-0.15, -0.1) is 0 Å². The van der Waals surface area contributed by atoms with E-state index < -0.39 is 6.10 Å². The summed E-state index contributed by atoms with van der Waals surface area (Å²) in [6.07, 6.45) is 11.1. The lowest BCUT2D eigenvalue weighted by Gasteiger charge is -2.29. The molecule has 2 amide bonds. The minimum atomic E-state index is -0.822. The second kappa shape index (κ2) is 15.3. The van der Waals surface area contributed by atoms with Crippen molar-refractivity contribution in [3.8, 4) is 0 Å². The Balaban J connectivity index is 1.17. The van der Waals surface area contributed by atoms with Gasteiger partial charge in [-0.05, 0) is 110 Å². The zero-order valence-electron chi connectivity index (χ0n) is 25.9. The molecule has 3 aromatic rings. The summed E-state index contributed by atoms with van der Waals surface area (Å²) >= 11 is 0. The minimum absolute atomic E-state index is 0.0509. The average molecular weight is 599 g/mol. The van der Waals surface area contributed by atoms with E-state index in [1.807, 2.05) is 18.2 Å². The van der Waals surface area contributed by atoms with Crippen LogP contribution in [0.5, 0.6) is 0 Å². The fraction of sp³-hybridized carbons (Fsp3) is 0.486. The van der Waals surface area contributed by atoms with Crippen LogP contribution in [0.15, 0.2) is 65.3 Å². The van der Waals surface area contributed by atoms with Crippen molar-refractivity contribution in [3.05, 3.63) is 94.4 Å². The molecule has 234 valence electrons. The number of aryl methyl sites for hydroxylation is 3. The van der Waals surface area contributed by atoms with Gasteiger partial charge in [0.15, 0.2) is 11.5 Å². The third-order valence-electron chi connectivity index (χ3n) is 9.54. The third kappa shape index (κ3) is 8.69. The molecule has 1 aliphatic carbocycles. The van der Waals surface area contributed by atoms with Gasteiger partial charge in [0.05, 0.1) is 12.4 Å². The summed E-state index contributed by atoms with van der Waals surface area (Å²) in [7, 11) is 0. The quantitative estimate of drug-likeness (QED) is 0.219. The van der Waals surface area contributed by atoms with Crippen molar-refractivity contribution in [1.82, 2.24) is 10.2 Å². The van der Waals surface area contributed by atoms with Gasteiger partial charge in [-0.25, -0.2) is 0 Å². The van der Waals surface area contributed by atoms with Crippen molar-refractivity contribution >= 4 is 17.6 Å². The second-order valence-electron chi connectivity index (χ2n) is 12.7. The van der Waals surface area contributed by atoms with E-state index >= 15 is 0 Å². The number of nitrogens with zero attached hydrogens (tertiary/aromatic N) is 1. The highest BCUT2D eigenvalue weighted by Gasteiger charge is 2.24. The number of hydrogen-bond acceptors (Lipinski definition) is 5. The molecule has 5 rings (SSSR count). The van der Waals surface area contributed by atoms with Gasteiger partial charge >= 0.3 is 0 Å². The Labute approximate surface area is 261 Å². The van der Waals surface area contributed by atoms with E-state index in [0.717, 1.165) is 30.7 Å². The molecule has 2 aromatic carbocycles. The van der Waals surface area contributed by atoms with Crippen molar-refractivity contribution in [3.63, 3.8) is 0 Å². The maximum Gasteiger partial charge on any atom is 0.251 e. The zero-order chi connectivity index (χ0) is 30.9. The number of aliphatic hydroxyl groups is 1. The van der Waals surface area contributed by atoms with Crippen LogP contribution in [0, 0.1) is 18.8 Å². The smallest absolute Gasteiger partial charge is 0.251 e. The molecular weight excluding hydrogens is 552 g/mol. The lowest BCUT2D eigenvalue weighted by molar-refractivity contribution is -0.128. The van der Waals surface area contributed by atoms with Crippen molar-refractivity contribution < 1.29 is 23.9 Å². The Bertz CT molecular complexity index is 1410. The van der Waals surface area contributed by atoms with E-state index in [2.05, 4.69) is 36.5 Å². The zero-order valence-corrected chi connectivity index (χ0v) is 25.9. The van der Waals surface area contributed by atoms with Crippen LogP contribution in [0.25, 0.3) is 0 Å². The molecule has 2 aliphatic rings. The van der Waals surface area contributed by atoms with Crippen LogP contribution < -0.4 is 5.32 Å². The van der Waals surface area contributed by atoms with E-state index in [1.165, 1.54) is 55.1 Å². The number of benzene rings is 2. The number of nitrogens with one attached hydrogen (secondary N) is 1. The first-order chi connectivity index (χ1) is 21.4. The first-order valence-electron chi connectivity index (χ1n) is 16.3. The number of likely N-dealkylation sites (tertiary alicyclic amines) is 1. The van der Waals surface area contributed by atoms with Crippen LogP contribution in [0.2, 0.25) is 0 Å². The highest BCUT2D eigenvalue weighted by molar-refractivity contribution is 5.95. The molecule has 1 unspecified atom stereocenters. The second-order valence-corrected chi connectivity index (χ2v) is 12.7. The number of furan rings is 1. The molecule has 2 N–H and O–H groups in total. The molecule has 0 bridgehead atoms.